The van der Waals surface area contributed by atoms with Gasteiger partial charge in [0.25, 0.3) is 5.91 Å². The lowest BCUT2D eigenvalue weighted by Gasteiger charge is -2.36. The lowest BCUT2D eigenvalue weighted by atomic mass is 10.1. The van der Waals surface area contributed by atoms with Crippen LogP contribution in [0.1, 0.15) is 26.3 Å². The van der Waals surface area contributed by atoms with E-state index in [4.69, 9.17) is 5.11 Å². The smallest absolute Gasteiger partial charge is 0.335 e. The molecule has 0 aromatic heterocycles. The van der Waals surface area contributed by atoms with Gasteiger partial charge < -0.3 is 14.9 Å². The molecule has 1 N–H and O–H groups in total. The maximum absolute atomic E-state index is 12.6. The van der Waals surface area contributed by atoms with Gasteiger partial charge >= 0.3 is 5.97 Å². The maximum Gasteiger partial charge on any atom is 0.335 e. The maximum atomic E-state index is 12.6. The van der Waals surface area contributed by atoms with Gasteiger partial charge in [-0.25, -0.2) is 4.79 Å². The number of hydrogen-bond donors (Lipinski definition) is 1. The summed E-state index contributed by atoms with van der Waals surface area (Å²) in [6, 6.07) is 14.5. The lowest BCUT2D eigenvalue weighted by molar-refractivity contribution is 0.0697. The lowest BCUT2D eigenvalue weighted by Crippen LogP contribution is -2.49. The second-order valence-electron chi connectivity index (χ2n) is 5.95. The van der Waals surface area contributed by atoms with E-state index in [0.717, 1.165) is 13.1 Å². The average Bonchev–Trinajstić information content (AvgIpc) is 2.62. The zero-order valence-corrected chi connectivity index (χ0v) is 13.6. The van der Waals surface area contributed by atoms with Crippen LogP contribution in [0.5, 0.6) is 0 Å². The summed E-state index contributed by atoms with van der Waals surface area (Å²) in [4.78, 5) is 27.7. The average molecular weight is 324 g/mol. The van der Waals surface area contributed by atoms with E-state index in [9.17, 15) is 9.59 Å². The van der Waals surface area contributed by atoms with E-state index in [0.29, 0.717) is 18.7 Å². The zero-order valence-electron chi connectivity index (χ0n) is 13.6. The summed E-state index contributed by atoms with van der Waals surface area (Å²) >= 11 is 0. The van der Waals surface area contributed by atoms with Gasteiger partial charge in [0.1, 0.15) is 0 Å². The minimum atomic E-state index is -1.02. The number of carboxylic acid groups (broad SMARTS) is 1. The summed E-state index contributed by atoms with van der Waals surface area (Å²) in [5, 5.41) is 9.06. The van der Waals surface area contributed by atoms with Crippen LogP contribution in [0.4, 0.5) is 5.69 Å². The predicted octanol–water partition coefficient (Wildman–Crippen LogP) is 2.66. The summed E-state index contributed by atoms with van der Waals surface area (Å²) in [6.07, 6.45) is 0. The zero-order chi connectivity index (χ0) is 17.1. The number of carbonyl (C=O) groups excluding carboxylic acids is 1. The van der Waals surface area contributed by atoms with Crippen LogP contribution in [0, 0.1) is 6.92 Å². The number of carbonyl (C=O) groups is 2. The highest BCUT2D eigenvalue weighted by Gasteiger charge is 2.23. The third-order valence-corrected chi connectivity index (χ3v) is 4.38. The molecule has 1 amide bonds. The highest BCUT2D eigenvalue weighted by Crippen LogP contribution is 2.21. The van der Waals surface area contributed by atoms with E-state index in [2.05, 4.69) is 24.0 Å². The molecule has 0 bridgehead atoms. The SMILES string of the molecule is Cc1ccccc1N1CCN(C(=O)c2cccc(C(=O)O)c2)CC1. The molecule has 2 aromatic rings. The number of benzene rings is 2. The molecule has 1 aliphatic heterocycles. The molecule has 0 saturated carbocycles. The highest BCUT2D eigenvalue weighted by molar-refractivity contribution is 5.97. The number of nitrogens with zero attached hydrogens (tertiary/aromatic N) is 2. The molecule has 1 saturated heterocycles. The number of hydrogen-bond acceptors (Lipinski definition) is 3. The number of piperazine rings is 1. The third-order valence-electron chi connectivity index (χ3n) is 4.38. The standard InChI is InChI=1S/C19H20N2O3/c1-14-5-2-3-8-17(14)20-9-11-21(12-10-20)18(22)15-6-4-7-16(13-15)19(23)24/h2-8,13H,9-12H2,1H3,(H,23,24). The molecule has 0 radical (unpaired) electrons. The molecule has 0 spiro atoms. The summed E-state index contributed by atoms with van der Waals surface area (Å²) in [5.74, 6) is -1.13. The van der Waals surface area contributed by atoms with Crippen LogP contribution in [0.25, 0.3) is 0 Å². The van der Waals surface area contributed by atoms with Crippen LogP contribution >= 0.6 is 0 Å². The summed E-state index contributed by atoms with van der Waals surface area (Å²) < 4.78 is 0. The van der Waals surface area contributed by atoms with Crippen molar-refractivity contribution in [3.8, 4) is 0 Å². The molecule has 2 aromatic carbocycles. The molecule has 24 heavy (non-hydrogen) atoms. The normalized spacial score (nSPS) is 14.5. The number of para-hydroxylation sites is 1. The van der Waals surface area contributed by atoms with Crippen molar-refractivity contribution >= 4 is 17.6 Å². The molecule has 1 aliphatic rings. The third kappa shape index (κ3) is 3.25. The fourth-order valence-electron chi connectivity index (χ4n) is 3.04. The van der Waals surface area contributed by atoms with Crippen LogP contribution < -0.4 is 4.90 Å². The minimum absolute atomic E-state index is 0.109. The molecule has 124 valence electrons. The van der Waals surface area contributed by atoms with E-state index in [1.165, 1.54) is 23.4 Å². The van der Waals surface area contributed by atoms with Gasteiger partial charge in [0.15, 0.2) is 0 Å². The van der Waals surface area contributed by atoms with Gasteiger partial charge in [0, 0.05) is 37.4 Å². The topological polar surface area (TPSA) is 60.9 Å². The van der Waals surface area contributed by atoms with Crippen LogP contribution in [0.2, 0.25) is 0 Å². The molecule has 5 nitrogen and oxygen atoms in total. The van der Waals surface area contributed by atoms with Crippen molar-refractivity contribution in [2.75, 3.05) is 31.1 Å². The molecule has 3 rings (SSSR count). The highest BCUT2D eigenvalue weighted by atomic mass is 16.4. The Kier molecular flexibility index (Phi) is 4.51. The Morgan fingerprint density at radius 2 is 1.58 bits per heavy atom. The molecule has 0 atom stereocenters. The number of carboxylic acids is 1. The second kappa shape index (κ2) is 6.74. The van der Waals surface area contributed by atoms with Crippen molar-refractivity contribution in [2.45, 2.75) is 6.92 Å². The monoisotopic (exact) mass is 324 g/mol. The minimum Gasteiger partial charge on any atom is -0.478 e. The van der Waals surface area contributed by atoms with Crippen molar-refractivity contribution in [3.05, 3.63) is 65.2 Å². The number of aryl methyl sites for hydroxylation is 1. The van der Waals surface area contributed by atoms with Gasteiger partial charge in [0.05, 0.1) is 5.56 Å². The molecular weight excluding hydrogens is 304 g/mol. The Morgan fingerprint density at radius 3 is 2.25 bits per heavy atom. The second-order valence-corrected chi connectivity index (χ2v) is 5.95. The fraction of sp³-hybridized carbons (Fsp3) is 0.263. The first-order chi connectivity index (χ1) is 11.6. The van der Waals surface area contributed by atoms with Crippen LogP contribution in [-0.2, 0) is 0 Å². The summed E-state index contributed by atoms with van der Waals surface area (Å²) in [5.41, 5.74) is 3.00. The molecule has 0 aliphatic carbocycles. The van der Waals surface area contributed by atoms with Gasteiger partial charge in [-0.2, -0.15) is 0 Å². The van der Waals surface area contributed by atoms with E-state index in [1.807, 2.05) is 12.1 Å². The Bertz CT molecular complexity index is 765. The van der Waals surface area contributed by atoms with Crippen molar-refractivity contribution in [2.24, 2.45) is 0 Å². The molecule has 5 heteroatoms. The largest absolute Gasteiger partial charge is 0.478 e. The van der Waals surface area contributed by atoms with Gasteiger partial charge in [-0.05, 0) is 36.8 Å². The van der Waals surface area contributed by atoms with Crippen molar-refractivity contribution < 1.29 is 14.7 Å². The van der Waals surface area contributed by atoms with Gasteiger partial charge in [-0.1, -0.05) is 24.3 Å². The van der Waals surface area contributed by atoms with E-state index >= 15 is 0 Å². The molecular formula is C19H20N2O3. The molecule has 1 heterocycles. The summed E-state index contributed by atoms with van der Waals surface area (Å²) in [6.45, 7) is 4.89. The summed E-state index contributed by atoms with van der Waals surface area (Å²) in [7, 11) is 0. The quantitative estimate of drug-likeness (QED) is 0.943. The van der Waals surface area contributed by atoms with Gasteiger partial charge in [-0.15, -0.1) is 0 Å². The Labute approximate surface area is 141 Å². The van der Waals surface area contributed by atoms with E-state index < -0.39 is 5.97 Å². The van der Waals surface area contributed by atoms with Gasteiger partial charge in [0.2, 0.25) is 0 Å². The number of anilines is 1. The van der Waals surface area contributed by atoms with Crippen molar-refractivity contribution in [3.63, 3.8) is 0 Å². The molecule has 0 unspecified atom stereocenters. The number of rotatable bonds is 3. The van der Waals surface area contributed by atoms with Crippen molar-refractivity contribution in [1.82, 2.24) is 4.90 Å². The van der Waals surface area contributed by atoms with E-state index in [-0.39, 0.29) is 11.5 Å². The Morgan fingerprint density at radius 1 is 0.917 bits per heavy atom. The molecule has 1 fully saturated rings. The van der Waals surface area contributed by atoms with Crippen LogP contribution in [0.15, 0.2) is 48.5 Å². The first kappa shape index (κ1) is 16.1. The first-order valence-electron chi connectivity index (χ1n) is 7.99. The van der Waals surface area contributed by atoms with E-state index in [1.54, 1.807) is 17.0 Å². The van der Waals surface area contributed by atoms with Gasteiger partial charge in [-0.3, -0.25) is 4.79 Å². The number of aromatic carboxylic acids is 1. The van der Waals surface area contributed by atoms with Crippen molar-refractivity contribution in [1.29, 1.82) is 0 Å². The van der Waals surface area contributed by atoms with Crippen LogP contribution in [0.3, 0.4) is 0 Å². The Balaban J connectivity index is 1.68. The number of amides is 1. The first-order valence-corrected chi connectivity index (χ1v) is 7.99. The van der Waals surface area contributed by atoms with Crippen LogP contribution in [-0.4, -0.2) is 48.1 Å². The fourth-order valence-corrected chi connectivity index (χ4v) is 3.04. The Hall–Kier alpha value is -2.82. The predicted molar refractivity (Wildman–Crippen MR) is 92.7 cm³/mol.